The van der Waals surface area contributed by atoms with E-state index in [-0.39, 0.29) is 5.78 Å². The summed E-state index contributed by atoms with van der Waals surface area (Å²) in [5.41, 5.74) is 6.91. The molecule has 0 amide bonds. The highest BCUT2D eigenvalue weighted by Crippen LogP contribution is 2.41. The maximum absolute atomic E-state index is 13.5. The third-order valence-electron chi connectivity index (χ3n) is 9.67. The largest absolute Gasteiger partial charge is 0.383 e. The Labute approximate surface area is 278 Å². The molecule has 0 heterocycles. The van der Waals surface area contributed by atoms with Crippen molar-refractivity contribution in [3.05, 3.63) is 179 Å². The summed E-state index contributed by atoms with van der Waals surface area (Å²) in [5.74, 6) is -0.113. The van der Waals surface area contributed by atoms with E-state index in [1.165, 1.54) is 21.5 Å². The van der Waals surface area contributed by atoms with Gasteiger partial charge < -0.3 is 10.0 Å². The number of fused-ring (bicyclic) bond motifs is 5. The molecule has 0 radical (unpaired) electrons. The maximum Gasteiger partial charge on any atom is 0.192 e. The molecule has 3 nitrogen and oxygen atoms in total. The smallest absolute Gasteiger partial charge is 0.192 e. The van der Waals surface area contributed by atoms with Crippen LogP contribution in [0.1, 0.15) is 33.2 Å². The van der Waals surface area contributed by atoms with E-state index in [1.807, 2.05) is 37.3 Å². The van der Waals surface area contributed by atoms with Gasteiger partial charge in [-0.2, -0.15) is 0 Å². The van der Waals surface area contributed by atoms with Crippen LogP contribution in [0.3, 0.4) is 0 Å². The topological polar surface area (TPSA) is 40.5 Å². The van der Waals surface area contributed by atoms with Crippen LogP contribution in [0.15, 0.2) is 157 Å². The number of benzene rings is 8. The number of rotatable bonds is 4. The Bertz CT molecular complexity index is 2550. The molecule has 3 heteroatoms. The van der Waals surface area contributed by atoms with Crippen molar-refractivity contribution in [2.75, 3.05) is 4.90 Å². The molecule has 228 valence electrons. The van der Waals surface area contributed by atoms with Gasteiger partial charge in [-0.1, -0.05) is 103 Å². The van der Waals surface area contributed by atoms with Crippen molar-refractivity contribution < 1.29 is 9.90 Å². The van der Waals surface area contributed by atoms with Gasteiger partial charge in [0.05, 0.1) is 0 Å². The monoisotopic (exact) mass is 617 g/mol. The molecular formula is C45H31NO2. The zero-order valence-electron chi connectivity index (χ0n) is 26.4. The highest BCUT2D eigenvalue weighted by molar-refractivity contribution is 6.18. The fourth-order valence-electron chi connectivity index (χ4n) is 7.19. The molecule has 48 heavy (non-hydrogen) atoms. The first-order chi connectivity index (χ1) is 23.5. The molecule has 0 aliphatic heterocycles. The molecular weight excluding hydrogens is 587 g/mol. The number of carbonyl (C=O) groups is 1. The molecule has 0 saturated heterocycles. The molecule has 1 N–H and O–H groups in total. The Morgan fingerprint density at radius 2 is 1.02 bits per heavy atom. The SMILES string of the molecule is Cc1ccc2cc3c(cc2c1)C(=O)C(=Cc1ccc2cc(N(c4ccc5ccccc5c4)c4ccc5ccccc5c4)ccc2c1)C3O. The van der Waals surface area contributed by atoms with E-state index in [9.17, 15) is 9.90 Å². The zero-order valence-corrected chi connectivity index (χ0v) is 26.4. The van der Waals surface area contributed by atoms with Crippen molar-refractivity contribution in [3.63, 3.8) is 0 Å². The number of nitrogens with zero attached hydrogens (tertiary/aromatic N) is 1. The number of aryl methyl sites for hydroxylation is 1. The van der Waals surface area contributed by atoms with Crippen LogP contribution in [0.2, 0.25) is 0 Å². The number of hydrogen-bond acceptors (Lipinski definition) is 3. The van der Waals surface area contributed by atoms with Crippen LogP contribution in [-0.2, 0) is 0 Å². The molecule has 1 aliphatic rings. The summed E-state index contributed by atoms with van der Waals surface area (Å²) in [6, 6.07) is 52.9. The number of hydrogen-bond donors (Lipinski definition) is 1. The highest BCUT2D eigenvalue weighted by Gasteiger charge is 2.33. The summed E-state index contributed by atoms with van der Waals surface area (Å²) in [6.45, 7) is 2.04. The van der Waals surface area contributed by atoms with Crippen LogP contribution in [-0.4, -0.2) is 10.9 Å². The number of carbonyl (C=O) groups excluding carboxylic acids is 1. The van der Waals surface area contributed by atoms with E-state index in [1.54, 1.807) is 0 Å². The lowest BCUT2D eigenvalue weighted by atomic mass is 10.0. The summed E-state index contributed by atoms with van der Waals surface area (Å²) in [4.78, 5) is 15.8. The van der Waals surface area contributed by atoms with Gasteiger partial charge in [0.1, 0.15) is 6.10 Å². The molecule has 0 aromatic heterocycles. The van der Waals surface area contributed by atoms with E-state index in [0.717, 1.165) is 49.7 Å². The Morgan fingerprint density at radius 3 is 1.67 bits per heavy atom. The zero-order chi connectivity index (χ0) is 32.4. The summed E-state index contributed by atoms with van der Waals surface area (Å²) in [5, 5.41) is 20.2. The summed E-state index contributed by atoms with van der Waals surface area (Å²) in [7, 11) is 0. The standard InChI is InChI=1S/C45H31NO2/c1-28-10-12-36-26-41-42(27-37(36)20-28)45(48)43(44(41)47)22-29-11-13-35-25-40(19-16-34(35)21-29)46(38-17-14-30-6-2-4-8-32(30)23-38)39-18-15-31-7-3-5-9-33(31)24-39/h2-27,44,47H,1H3. The Morgan fingerprint density at radius 1 is 0.521 bits per heavy atom. The van der Waals surface area contributed by atoms with Crippen molar-refractivity contribution in [1.29, 1.82) is 0 Å². The molecule has 8 aromatic carbocycles. The highest BCUT2D eigenvalue weighted by atomic mass is 16.3. The van der Waals surface area contributed by atoms with E-state index in [0.29, 0.717) is 16.7 Å². The Kier molecular flexibility index (Phi) is 6.49. The van der Waals surface area contributed by atoms with Gasteiger partial charge in [-0.25, -0.2) is 0 Å². The number of ketones is 1. The van der Waals surface area contributed by atoms with E-state index < -0.39 is 6.10 Å². The van der Waals surface area contributed by atoms with Gasteiger partial charge >= 0.3 is 0 Å². The fraction of sp³-hybridized carbons (Fsp3) is 0.0444. The van der Waals surface area contributed by atoms with Crippen molar-refractivity contribution in [2.45, 2.75) is 13.0 Å². The van der Waals surface area contributed by atoms with Gasteiger partial charge in [0.2, 0.25) is 0 Å². The van der Waals surface area contributed by atoms with E-state index in [4.69, 9.17) is 0 Å². The van der Waals surface area contributed by atoms with Crippen molar-refractivity contribution in [1.82, 2.24) is 0 Å². The quantitative estimate of drug-likeness (QED) is 0.200. The minimum atomic E-state index is -0.950. The lowest BCUT2D eigenvalue weighted by molar-refractivity contribution is 0.102. The molecule has 1 atom stereocenters. The van der Waals surface area contributed by atoms with Gasteiger partial charge in [-0.15, -0.1) is 0 Å². The average molecular weight is 618 g/mol. The minimum Gasteiger partial charge on any atom is -0.383 e. The molecule has 8 aromatic rings. The number of aliphatic hydroxyl groups excluding tert-OH is 1. The maximum atomic E-state index is 13.5. The van der Waals surface area contributed by atoms with Crippen LogP contribution in [0.25, 0.3) is 49.2 Å². The van der Waals surface area contributed by atoms with Crippen LogP contribution in [0.5, 0.6) is 0 Å². The first-order valence-electron chi connectivity index (χ1n) is 16.3. The molecule has 9 rings (SSSR count). The van der Waals surface area contributed by atoms with E-state index in [2.05, 4.69) is 132 Å². The summed E-state index contributed by atoms with van der Waals surface area (Å²) < 4.78 is 0. The van der Waals surface area contributed by atoms with Crippen LogP contribution >= 0.6 is 0 Å². The normalized spacial score (nSPS) is 15.2. The molecule has 0 spiro atoms. The second-order valence-corrected chi connectivity index (χ2v) is 12.8. The molecule has 0 saturated carbocycles. The van der Waals surface area contributed by atoms with Gasteiger partial charge in [0.15, 0.2) is 5.78 Å². The summed E-state index contributed by atoms with van der Waals surface area (Å²) >= 11 is 0. The average Bonchev–Trinajstić information content (AvgIpc) is 3.34. The third kappa shape index (κ3) is 4.76. The van der Waals surface area contributed by atoms with Gasteiger partial charge in [0.25, 0.3) is 0 Å². The Balaban J connectivity index is 1.11. The lowest BCUT2D eigenvalue weighted by Crippen LogP contribution is -2.10. The second kappa shape index (κ2) is 11.0. The van der Waals surface area contributed by atoms with Crippen molar-refractivity contribution in [3.8, 4) is 0 Å². The fourth-order valence-corrected chi connectivity index (χ4v) is 7.19. The number of aliphatic hydroxyl groups is 1. The molecule has 0 bridgehead atoms. The number of Topliss-reactive ketones (excluding diaryl/α,β-unsaturated/α-hetero) is 1. The van der Waals surface area contributed by atoms with Crippen LogP contribution in [0, 0.1) is 6.92 Å². The first kappa shape index (κ1) is 28.2. The predicted octanol–water partition coefficient (Wildman–Crippen LogP) is 11.4. The lowest BCUT2D eigenvalue weighted by Gasteiger charge is -2.26. The van der Waals surface area contributed by atoms with Gasteiger partial charge in [-0.05, 0) is 122 Å². The second-order valence-electron chi connectivity index (χ2n) is 12.8. The molecule has 1 unspecified atom stereocenters. The Hall–Kier alpha value is -6.03. The van der Waals surface area contributed by atoms with Crippen LogP contribution in [0.4, 0.5) is 17.1 Å². The molecule has 0 fully saturated rings. The van der Waals surface area contributed by atoms with E-state index >= 15 is 0 Å². The predicted molar refractivity (Wildman–Crippen MR) is 200 cm³/mol. The molecule has 1 aliphatic carbocycles. The third-order valence-corrected chi connectivity index (χ3v) is 9.67. The van der Waals surface area contributed by atoms with Crippen molar-refractivity contribution >= 4 is 72.0 Å². The van der Waals surface area contributed by atoms with Crippen molar-refractivity contribution in [2.24, 2.45) is 0 Å². The van der Waals surface area contributed by atoms with Gasteiger partial charge in [0, 0.05) is 28.2 Å². The van der Waals surface area contributed by atoms with Crippen LogP contribution < -0.4 is 4.90 Å². The number of anilines is 3. The first-order valence-corrected chi connectivity index (χ1v) is 16.3. The van der Waals surface area contributed by atoms with Gasteiger partial charge in [-0.3, -0.25) is 4.79 Å². The minimum absolute atomic E-state index is 0.113. The summed E-state index contributed by atoms with van der Waals surface area (Å²) in [6.07, 6.45) is 0.890.